The molecule has 0 aliphatic carbocycles. The maximum absolute atomic E-state index is 12.6. The number of hydrogen-bond acceptors (Lipinski definition) is 5. The van der Waals surface area contributed by atoms with Gasteiger partial charge in [-0.3, -0.25) is 0 Å². The van der Waals surface area contributed by atoms with Gasteiger partial charge in [0.1, 0.15) is 0 Å². The number of rotatable bonds is 4. The van der Waals surface area contributed by atoms with Crippen LogP contribution in [0.5, 0.6) is 0 Å². The first kappa shape index (κ1) is 18.0. The van der Waals surface area contributed by atoms with Crippen LogP contribution in [0, 0.1) is 13.8 Å². The SMILES string of the molecule is Cc1ccc(S(=O)(=O)N(C(N)=O)S(=O)(=O)c2ccc(C)cc2)cc1. The zero-order valence-electron chi connectivity index (χ0n) is 13.0. The molecule has 2 aromatic carbocycles. The summed E-state index contributed by atoms with van der Waals surface area (Å²) in [6, 6.07) is 9.22. The summed E-state index contributed by atoms with van der Waals surface area (Å²) in [5.41, 5.74) is 6.63. The summed E-state index contributed by atoms with van der Waals surface area (Å²) in [5, 5.41) is 0. The minimum atomic E-state index is -4.66. The van der Waals surface area contributed by atoms with Gasteiger partial charge in [0.2, 0.25) is 0 Å². The minimum absolute atomic E-state index is 0.282. The molecule has 0 bridgehead atoms. The van der Waals surface area contributed by atoms with E-state index in [2.05, 4.69) is 0 Å². The number of carbonyl (C=O) groups excluding carboxylic acids is 1. The number of nitrogens with zero attached hydrogens (tertiary/aromatic N) is 1. The monoisotopic (exact) mass is 368 g/mol. The van der Waals surface area contributed by atoms with E-state index in [1.165, 1.54) is 48.5 Å². The number of amides is 2. The van der Waals surface area contributed by atoms with E-state index in [1.807, 2.05) is 0 Å². The Morgan fingerprint density at radius 2 is 1.04 bits per heavy atom. The molecular weight excluding hydrogens is 352 g/mol. The number of sulfonamides is 2. The molecule has 24 heavy (non-hydrogen) atoms. The van der Waals surface area contributed by atoms with Crippen LogP contribution in [-0.2, 0) is 20.0 Å². The van der Waals surface area contributed by atoms with Gasteiger partial charge >= 0.3 is 6.03 Å². The fourth-order valence-electron chi connectivity index (χ4n) is 1.98. The molecule has 2 aromatic rings. The van der Waals surface area contributed by atoms with Gasteiger partial charge in [-0.25, -0.2) is 4.79 Å². The lowest BCUT2D eigenvalue weighted by molar-refractivity contribution is 0.244. The second-order valence-electron chi connectivity index (χ2n) is 5.17. The van der Waals surface area contributed by atoms with E-state index in [4.69, 9.17) is 5.73 Å². The van der Waals surface area contributed by atoms with Crippen molar-refractivity contribution in [3.05, 3.63) is 59.7 Å². The minimum Gasteiger partial charge on any atom is -0.350 e. The van der Waals surface area contributed by atoms with Gasteiger partial charge in [-0.1, -0.05) is 35.4 Å². The van der Waals surface area contributed by atoms with Gasteiger partial charge < -0.3 is 5.73 Å². The third-order valence-corrected chi connectivity index (χ3v) is 7.40. The first-order valence-corrected chi connectivity index (χ1v) is 9.68. The number of carbonyl (C=O) groups is 1. The van der Waals surface area contributed by atoms with Gasteiger partial charge in [-0.15, -0.1) is 3.71 Å². The van der Waals surface area contributed by atoms with E-state index in [0.717, 1.165) is 11.1 Å². The molecule has 0 unspecified atom stereocenters. The maximum atomic E-state index is 12.6. The highest BCUT2D eigenvalue weighted by Crippen LogP contribution is 2.24. The molecule has 9 heteroatoms. The molecule has 0 fully saturated rings. The third-order valence-electron chi connectivity index (χ3n) is 3.25. The molecule has 2 N–H and O–H groups in total. The van der Waals surface area contributed by atoms with Crippen LogP contribution in [-0.4, -0.2) is 26.6 Å². The van der Waals surface area contributed by atoms with Gasteiger partial charge in [-0.2, -0.15) is 16.8 Å². The predicted molar refractivity (Wildman–Crippen MR) is 88.2 cm³/mol. The second kappa shape index (κ2) is 6.25. The van der Waals surface area contributed by atoms with Gasteiger partial charge in [-0.05, 0) is 38.1 Å². The summed E-state index contributed by atoms with van der Waals surface area (Å²) in [6.07, 6.45) is 0. The lowest BCUT2D eigenvalue weighted by Gasteiger charge is -2.20. The summed E-state index contributed by atoms with van der Waals surface area (Å²) in [7, 11) is -9.32. The van der Waals surface area contributed by atoms with Crippen molar-refractivity contribution in [2.75, 3.05) is 0 Å². The van der Waals surface area contributed by atoms with E-state index in [9.17, 15) is 21.6 Å². The van der Waals surface area contributed by atoms with E-state index in [0.29, 0.717) is 0 Å². The van der Waals surface area contributed by atoms with E-state index >= 15 is 0 Å². The third kappa shape index (κ3) is 3.26. The van der Waals surface area contributed by atoms with Crippen LogP contribution in [0.2, 0.25) is 0 Å². The van der Waals surface area contributed by atoms with Crippen molar-refractivity contribution in [2.45, 2.75) is 23.6 Å². The first-order chi connectivity index (χ1) is 11.1. The number of aryl methyl sites for hydroxylation is 2. The summed E-state index contributed by atoms with van der Waals surface area (Å²) in [5.74, 6) is 0. The zero-order chi connectivity index (χ0) is 18.1. The smallest absolute Gasteiger partial charge is 0.343 e. The van der Waals surface area contributed by atoms with Gasteiger partial charge in [0, 0.05) is 0 Å². The van der Waals surface area contributed by atoms with E-state index in [-0.39, 0.29) is 13.5 Å². The van der Waals surface area contributed by atoms with Crippen LogP contribution < -0.4 is 5.73 Å². The zero-order valence-corrected chi connectivity index (χ0v) is 14.6. The fourth-order valence-corrected chi connectivity index (χ4v) is 5.34. The lowest BCUT2D eigenvalue weighted by Crippen LogP contribution is -2.44. The molecule has 2 amide bonds. The average Bonchev–Trinajstić information content (AvgIpc) is 2.47. The Morgan fingerprint density at radius 3 is 1.29 bits per heavy atom. The summed E-state index contributed by atoms with van der Waals surface area (Å²) < 4.78 is 50.2. The maximum Gasteiger partial charge on any atom is 0.343 e. The molecule has 0 atom stereocenters. The van der Waals surface area contributed by atoms with Crippen molar-refractivity contribution >= 4 is 26.1 Å². The molecule has 0 aliphatic heterocycles. The van der Waals surface area contributed by atoms with Crippen LogP contribution in [0.3, 0.4) is 0 Å². The number of urea groups is 1. The topological polar surface area (TPSA) is 115 Å². The Hall–Kier alpha value is -2.39. The molecule has 0 heterocycles. The fraction of sp³-hybridized carbons (Fsp3) is 0.133. The second-order valence-corrected chi connectivity index (χ2v) is 8.98. The Balaban J connectivity index is 2.63. The van der Waals surface area contributed by atoms with Gasteiger partial charge in [0.05, 0.1) is 9.79 Å². The Morgan fingerprint density at radius 1 is 0.750 bits per heavy atom. The van der Waals surface area contributed by atoms with Crippen molar-refractivity contribution in [2.24, 2.45) is 5.73 Å². The Labute approximate surface area is 140 Å². The predicted octanol–water partition coefficient (Wildman–Crippen LogP) is 1.76. The molecule has 128 valence electrons. The quantitative estimate of drug-likeness (QED) is 0.883. The van der Waals surface area contributed by atoms with E-state index < -0.39 is 26.1 Å². The highest BCUT2D eigenvalue weighted by Gasteiger charge is 2.39. The van der Waals surface area contributed by atoms with Gasteiger partial charge in [0.25, 0.3) is 20.0 Å². The van der Waals surface area contributed by atoms with Crippen molar-refractivity contribution in [3.63, 3.8) is 0 Å². The standard InChI is InChI=1S/C15H16N2O5S2/c1-11-3-7-13(8-4-11)23(19,20)17(15(16)18)24(21,22)14-9-5-12(2)6-10-14/h3-10H,1-2H3,(H2,16,18). The molecule has 0 aromatic heterocycles. The number of hydrogen-bond donors (Lipinski definition) is 1. The van der Waals surface area contributed by atoms with Crippen molar-refractivity contribution in [3.8, 4) is 0 Å². The highest BCUT2D eigenvalue weighted by molar-refractivity contribution is 8.04. The van der Waals surface area contributed by atoms with Crippen molar-refractivity contribution < 1.29 is 21.6 Å². The number of primary amides is 1. The number of benzene rings is 2. The van der Waals surface area contributed by atoms with Crippen LogP contribution >= 0.6 is 0 Å². The van der Waals surface area contributed by atoms with Crippen molar-refractivity contribution in [1.29, 1.82) is 0 Å². The molecule has 0 aliphatic rings. The van der Waals surface area contributed by atoms with Crippen LogP contribution in [0.4, 0.5) is 4.79 Å². The molecule has 0 saturated heterocycles. The molecule has 0 radical (unpaired) electrons. The lowest BCUT2D eigenvalue weighted by atomic mass is 10.2. The summed E-state index contributed by atoms with van der Waals surface area (Å²) in [6.45, 7) is 3.48. The summed E-state index contributed by atoms with van der Waals surface area (Å²) >= 11 is 0. The molecule has 0 spiro atoms. The van der Waals surface area contributed by atoms with Gasteiger partial charge in [0.15, 0.2) is 0 Å². The normalized spacial score (nSPS) is 11.9. The highest BCUT2D eigenvalue weighted by atomic mass is 32.3. The molecule has 0 saturated carbocycles. The van der Waals surface area contributed by atoms with E-state index in [1.54, 1.807) is 13.8 Å². The average molecular weight is 368 g/mol. The number of nitrogens with two attached hydrogens (primary N) is 1. The molecule has 2 rings (SSSR count). The van der Waals surface area contributed by atoms with Crippen LogP contribution in [0.25, 0.3) is 0 Å². The Kier molecular flexibility index (Phi) is 4.68. The van der Waals surface area contributed by atoms with Crippen LogP contribution in [0.15, 0.2) is 58.3 Å². The summed E-state index contributed by atoms with van der Waals surface area (Å²) in [4.78, 5) is 11.0. The first-order valence-electron chi connectivity index (χ1n) is 6.80. The molecular formula is C15H16N2O5S2. The molecule has 7 nitrogen and oxygen atoms in total. The Bertz CT molecular complexity index is 888. The largest absolute Gasteiger partial charge is 0.350 e. The van der Waals surface area contributed by atoms with Crippen LogP contribution in [0.1, 0.15) is 11.1 Å². The van der Waals surface area contributed by atoms with Crippen molar-refractivity contribution in [1.82, 2.24) is 3.71 Å².